The topological polar surface area (TPSA) is 87.1 Å². The standard InChI is InChI=1S/C12H20N4O2/c1-4-13-12(18)10-5-6-11(16-15-10)14-8(2)7-9(3)17/h5-6,8-9,17H,4,7H2,1-3H3,(H,13,18)(H,14,16). The number of hydrogen-bond donors (Lipinski definition) is 3. The minimum Gasteiger partial charge on any atom is -0.393 e. The summed E-state index contributed by atoms with van der Waals surface area (Å²) in [7, 11) is 0. The molecule has 0 bridgehead atoms. The van der Waals surface area contributed by atoms with Crippen molar-refractivity contribution < 1.29 is 9.90 Å². The number of aliphatic hydroxyl groups is 1. The van der Waals surface area contributed by atoms with Gasteiger partial charge >= 0.3 is 0 Å². The average Bonchev–Trinajstić information content (AvgIpc) is 2.29. The maximum atomic E-state index is 11.5. The summed E-state index contributed by atoms with van der Waals surface area (Å²) in [5.74, 6) is 0.366. The average molecular weight is 252 g/mol. The molecule has 1 amide bonds. The monoisotopic (exact) mass is 252 g/mol. The zero-order chi connectivity index (χ0) is 13.5. The van der Waals surface area contributed by atoms with E-state index in [9.17, 15) is 9.90 Å². The van der Waals surface area contributed by atoms with Crippen LogP contribution in [0, 0.1) is 0 Å². The van der Waals surface area contributed by atoms with Gasteiger partial charge in [-0.05, 0) is 39.3 Å². The molecule has 0 spiro atoms. The maximum absolute atomic E-state index is 11.5. The highest BCUT2D eigenvalue weighted by Gasteiger charge is 2.09. The van der Waals surface area contributed by atoms with Gasteiger partial charge < -0.3 is 15.7 Å². The second kappa shape index (κ2) is 6.90. The van der Waals surface area contributed by atoms with E-state index < -0.39 is 0 Å². The summed E-state index contributed by atoms with van der Waals surface area (Å²) in [4.78, 5) is 11.5. The third-order valence-electron chi connectivity index (χ3n) is 2.32. The minimum absolute atomic E-state index is 0.0922. The summed E-state index contributed by atoms with van der Waals surface area (Å²) in [6.07, 6.45) is 0.259. The van der Waals surface area contributed by atoms with E-state index in [1.807, 2.05) is 13.8 Å². The number of aromatic nitrogens is 2. The molecule has 3 N–H and O–H groups in total. The highest BCUT2D eigenvalue weighted by molar-refractivity contribution is 5.92. The van der Waals surface area contributed by atoms with Gasteiger partial charge in [-0.15, -0.1) is 10.2 Å². The summed E-state index contributed by atoms with van der Waals surface area (Å²) in [6.45, 7) is 6.10. The quantitative estimate of drug-likeness (QED) is 0.697. The Morgan fingerprint density at radius 1 is 1.39 bits per heavy atom. The van der Waals surface area contributed by atoms with E-state index in [4.69, 9.17) is 0 Å². The molecule has 0 aliphatic carbocycles. The summed E-state index contributed by atoms with van der Waals surface area (Å²) < 4.78 is 0. The lowest BCUT2D eigenvalue weighted by atomic mass is 10.1. The summed E-state index contributed by atoms with van der Waals surface area (Å²) >= 11 is 0. The highest BCUT2D eigenvalue weighted by Crippen LogP contribution is 2.07. The van der Waals surface area contributed by atoms with E-state index in [1.54, 1.807) is 19.1 Å². The molecule has 1 rings (SSSR count). The van der Waals surface area contributed by atoms with Gasteiger partial charge in [0.15, 0.2) is 5.69 Å². The van der Waals surface area contributed by atoms with Crippen molar-refractivity contribution in [2.75, 3.05) is 11.9 Å². The number of carbonyl (C=O) groups excluding carboxylic acids is 1. The number of hydrogen-bond acceptors (Lipinski definition) is 5. The van der Waals surface area contributed by atoms with Gasteiger partial charge in [0, 0.05) is 12.6 Å². The Labute approximate surface area is 107 Å². The Hall–Kier alpha value is -1.69. The van der Waals surface area contributed by atoms with Gasteiger partial charge in [-0.1, -0.05) is 0 Å². The molecule has 18 heavy (non-hydrogen) atoms. The fourth-order valence-corrected chi connectivity index (χ4v) is 1.60. The Morgan fingerprint density at radius 2 is 2.11 bits per heavy atom. The first kappa shape index (κ1) is 14.4. The lowest BCUT2D eigenvalue weighted by Gasteiger charge is -2.15. The van der Waals surface area contributed by atoms with Gasteiger partial charge in [-0.2, -0.15) is 0 Å². The lowest BCUT2D eigenvalue weighted by Crippen LogP contribution is -2.25. The van der Waals surface area contributed by atoms with Crippen molar-refractivity contribution in [3.05, 3.63) is 17.8 Å². The highest BCUT2D eigenvalue weighted by atomic mass is 16.3. The Bertz CT molecular complexity index is 378. The third-order valence-corrected chi connectivity index (χ3v) is 2.32. The maximum Gasteiger partial charge on any atom is 0.271 e. The zero-order valence-corrected chi connectivity index (χ0v) is 11.0. The molecular formula is C12H20N4O2. The van der Waals surface area contributed by atoms with Crippen LogP contribution in [-0.2, 0) is 0 Å². The van der Waals surface area contributed by atoms with Crippen LogP contribution in [0.15, 0.2) is 12.1 Å². The van der Waals surface area contributed by atoms with Gasteiger partial charge in [0.2, 0.25) is 0 Å². The molecule has 1 aromatic rings. The van der Waals surface area contributed by atoms with Gasteiger partial charge in [0.1, 0.15) is 5.82 Å². The number of amides is 1. The molecule has 0 fully saturated rings. The number of rotatable bonds is 6. The van der Waals surface area contributed by atoms with Crippen LogP contribution >= 0.6 is 0 Å². The molecule has 0 aliphatic rings. The van der Waals surface area contributed by atoms with E-state index >= 15 is 0 Å². The molecule has 6 nitrogen and oxygen atoms in total. The molecule has 6 heteroatoms. The van der Waals surface area contributed by atoms with Crippen molar-refractivity contribution in [2.24, 2.45) is 0 Å². The second-order valence-electron chi connectivity index (χ2n) is 4.29. The predicted molar refractivity (Wildman–Crippen MR) is 69.4 cm³/mol. The van der Waals surface area contributed by atoms with Gasteiger partial charge in [-0.25, -0.2) is 0 Å². The third kappa shape index (κ3) is 4.67. The summed E-state index contributed by atoms with van der Waals surface area (Å²) in [5, 5.41) is 22.8. The molecule has 100 valence electrons. The first-order valence-electron chi connectivity index (χ1n) is 6.09. The first-order valence-corrected chi connectivity index (χ1v) is 6.09. The number of nitrogens with one attached hydrogen (secondary N) is 2. The SMILES string of the molecule is CCNC(=O)c1ccc(NC(C)CC(C)O)nn1. The van der Waals surface area contributed by atoms with Crippen LogP contribution in [0.4, 0.5) is 5.82 Å². The van der Waals surface area contributed by atoms with Gasteiger partial charge in [0.25, 0.3) is 5.91 Å². The number of carbonyl (C=O) groups is 1. The van der Waals surface area contributed by atoms with Crippen molar-refractivity contribution in [2.45, 2.75) is 39.3 Å². The Kier molecular flexibility index (Phi) is 5.51. The largest absolute Gasteiger partial charge is 0.393 e. The number of aliphatic hydroxyl groups excluding tert-OH is 1. The molecule has 0 aromatic carbocycles. The van der Waals surface area contributed by atoms with E-state index in [2.05, 4.69) is 20.8 Å². The predicted octanol–water partition coefficient (Wildman–Crippen LogP) is 0.798. The Morgan fingerprint density at radius 3 is 2.61 bits per heavy atom. The number of anilines is 1. The molecule has 1 heterocycles. The summed E-state index contributed by atoms with van der Waals surface area (Å²) in [6, 6.07) is 3.42. The molecule has 0 saturated carbocycles. The van der Waals surface area contributed by atoms with E-state index in [0.717, 1.165) is 0 Å². The van der Waals surface area contributed by atoms with Crippen LogP contribution in [0.2, 0.25) is 0 Å². The van der Waals surface area contributed by atoms with Crippen molar-refractivity contribution in [1.29, 1.82) is 0 Å². The lowest BCUT2D eigenvalue weighted by molar-refractivity contribution is 0.0950. The number of nitrogens with zero attached hydrogens (tertiary/aromatic N) is 2. The second-order valence-corrected chi connectivity index (χ2v) is 4.29. The first-order chi connectivity index (χ1) is 8.52. The zero-order valence-electron chi connectivity index (χ0n) is 11.0. The van der Waals surface area contributed by atoms with Crippen molar-refractivity contribution in [3.63, 3.8) is 0 Å². The minimum atomic E-state index is -0.366. The fraction of sp³-hybridized carbons (Fsp3) is 0.583. The molecule has 0 radical (unpaired) electrons. The van der Waals surface area contributed by atoms with Crippen LogP contribution in [0.5, 0.6) is 0 Å². The van der Waals surface area contributed by atoms with Crippen LogP contribution in [0.25, 0.3) is 0 Å². The Balaban J connectivity index is 2.57. The van der Waals surface area contributed by atoms with Crippen LogP contribution < -0.4 is 10.6 Å². The van der Waals surface area contributed by atoms with Gasteiger partial charge in [0.05, 0.1) is 6.10 Å². The smallest absolute Gasteiger partial charge is 0.271 e. The molecule has 2 unspecified atom stereocenters. The summed E-state index contributed by atoms with van der Waals surface area (Å²) in [5.41, 5.74) is 0.297. The molecular weight excluding hydrogens is 232 g/mol. The molecule has 1 aromatic heterocycles. The van der Waals surface area contributed by atoms with Crippen molar-refractivity contribution in [3.8, 4) is 0 Å². The normalized spacial score (nSPS) is 13.8. The van der Waals surface area contributed by atoms with Gasteiger partial charge in [-0.3, -0.25) is 4.79 Å². The van der Waals surface area contributed by atoms with Crippen molar-refractivity contribution in [1.82, 2.24) is 15.5 Å². The van der Waals surface area contributed by atoms with E-state index in [0.29, 0.717) is 24.5 Å². The van der Waals surface area contributed by atoms with Crippen LogP contribution in [0.3, 0.4) is 0 Å². The van der Waals surface area contributed by atoms with Crippen LogP contribution in [0.1, 0.15) is 37.7 Å². The molecule has 0 aliphatic heterocycles. The molecule has 2 atom stereocenters. The van der Waals surface area contributed by atoms with E-state index in [-0.39, 0.29) is 18.1 Å². The molecule has 0 saturated heterocycles. The van der Waals surface area contributed by atoms with E-state index in [1.165, 1.54) is 0 Å². The fourth-order valence-electron chi connectivity index (χ4n) is 1.60. The van der Waals surface area contributed by atoms with Crippen molar-refractivity contribution >= 4 is 11.7 Å². The van der Waals surface area contributed by atoms with Crippen LogP contribution in [-0.4, -0.2) is 39.9 Å².